The number of rotatable bonds is 9. The van der Waals surface area contributed by atoms with Gasteiger partial charge in [0.1, 0.15) is 5.01 Å². The molecular formula is C20H20N2O6S. The standard InChI is InChI=1S/C20H20N2O6S/c1-13-8-15-19(10-16(13)22(23)24)29-20(21-15)7-5-14-4-6-17(27-11-25-2)18(9-14)28-12-26-3/h4-10H,11-12H2,1-3H3/b7-5+. The summed E-state index contributed by atoms with van der Waals surface area (Å²) in [5.41, 5.74) is 2.31. The van der Waals surface area contributed by atoms with E-state index >= 15 is 0 Å². The van der Waals surface area contributed by atoms with E-state index in [1.807, 2.05) is 24.3 Å². The molecule has 8 nitrogen and oxygen atoms in total. The van der Waals surface area contributed by atoms with Crippen LogP contribution in [-0.4, -0.2) is 37.7 Å². The molecule has 1 aromatic heterocycles. The van der Waals surface area contributed by atoms with E-state index in [9.17, 15) is 10.1 Å². The van der Waals surface area contributed by atoms with Crippen LogP contribution in [0.25, 0.3) is 22.4 Å². The van der Waals surface area contributed by atoms with Crippen LogP contribution in [-0.2, 0) is 9.47 Å². The fraction of sp³-hybridized carbons (Fsp3) is 0.250. The van der Waals surface area contributed by atoms with Crippen LogP contribution in [0.2, 0.25) is 0 Å². The molecule has 0 radical (unpaired) electrons. The zero-order valence-corrected chi connectivity index (χ0v) is 17.0. The molecular weight excluding hydrogens is 396 g/mol. The van der Waals surface area contributed by atoms with Gasteiger partial charge in [0.05, 0.1) is 15.1 Å². The minimum absolute atomic E-state index is 0.0898. The lowest BCUT2D eigenvalue weighted by molar-refractivity contribution is -0.385. The maximum absolute atomic E-state index is 11.1. The number of aromatic nitrogens is 1. The summed E-state index contributed by atoms with van der Waals surface area (Å²) in [4.78, 5) is 15.3. The Morgan fingerprint density at radius 2 is 1.79 bits per heavy atom. The van der Waals surface area contributed by atoms with Gasteiger partial charge in [0.15, 0.2) is 25.1 Å². The number of nitrogens with zero attached hydrogens (tertiary/aromatic N) is 2. The van der Waals surface area contributed by atoms with Crippen LogP contribution in [0.3, 0.4) is 0 Å². The number of hydrogen-bond acceptors (Lipinski definition) is 8. The summed E-state index contributed by atoms with van der Waals surface area (Å²) < 4.78 is 21.7. The van der Waals surface area contributed by atoms with Crippen LogP contribution in [0, 0.1) is 17.0 Å². The Morgan fingerprint density at radius 3 is 2.48 bits per heavy atom. The SMILES string of the molecule is COCOc1ccc(/C=C/c2nc3cc(C)c([N+](=O)[O-])cc3s2)cc1OCOC. The number of hydrogen-bond donors (Lipinski definition) is 0. The lowest BCUT2D eigenvalue weighted by Gasteiger charge is -2.12. The Hall–Kier alpha value is -3.01. The average Bonchev–Trinajstić information content (AvgIpc) is 3.10. The van der Waals surface area contributed by atoms with E-state index in [1.54, 1.807) is 39.3 Å². The second-order valence-corrected chi connectivity index (χ2v) is 7.12. The van der Waals surface area contributed by atoms with Gasteiger partial charge in [-0.05, 0) is 36.8 Å². The van der Waals surface area contributed by atoms with Gasteiger partial charge in [-0.15, -0.1) is 11.3 Å². The molecule has 0 spiro atoms. The maximum atomic E-state index is 11.1. The third kappa shape index (κ3) is 5.08. The highest BCUT2D eigenvalue weighted by Gasteiger charge is 2.14. The van der Waals surface area contributed by atoms with Crippen LogP contribution in [0.15, 0.2) is 30.3 Å². The second-order valence-electron chi connectivity index (χ2n) is 6.06. The fourth-order valence-electron chi connectivity index (χ4n) is 2.63. The highest BCUT2D eigenvalue weighted by Crippen LogP contribution is 2.32. The Kier molecular flexibility index (Phi) is 6.76. The zero-order chi connectivity index (χ0) is 20.8. The Balaban J connectivity index is 1.85. The number of methoxy groups -OCH3 is 2. The van der Waals surface area contributed by atoms with Crippen molar-refractivity contribution in [3.8, 4) is 11.5 Å². The van der Waals surface area contributed by atoms with Gasteiger partial charge in [0.2, 0.25) is 0 Å². The van der Waals surface area contributed by atoms with Crippen LogP contribution >= 0.6 is 11.3 Å². The molecule has 3 rings (SSSR count). The number of fused-ring (bicyclic) bond motifs is 1. The number of nitro benzene ring substituents is 1. The van der Waals surface area contributed by atoms with Crippen LogP contribution in [0.1, 0.15) is 16.1 Å². The van der Waals surface area contributed by atoms with Crippen molar-refractivity contribution in [2.75, 3.05) is 27.8 Å². The minimum Gasteiger partial charge on any atom is -0.464 e. The van der Waals surface area contributed by atoms with Crippen molar-refractivity contribution >= 4 is 39.4 Å². The van der Waals surface area contributed by atoms with Crippen LogP contribution < -0.4 is 9.47 Å². The number of ether oxygens (including phenoxy) is 4. The van der Waals surface area contributed by atoms with E-state index in [2.05, 4.69) is 4.98 Å². The Labute approximate surface area is 171 Å². The molecule has 0 aliphatic carbocycles. The molecule has 0 N–H and O–H groups in total. The molecule has 3 aromatic rings. The first kappa shape index (κ1) is 20.7. The largest absolute Gasteiger partial charge is 0.464 e. The monoisotopic (exact) mass is 416 g/mol. The normalized spacial score (nSPS) is 11.3. The van der Waals surface area contributed by atoms with Gasteiger partial charge in [-0.2, -0.15) is 0 Å². The number of aryl methyl sites for hydroxylation is 1. The summed E-state index contributed by atoms with van der Waals surface area (Å²) in [7, 11) is 3.08. The van der Waals surface area contributed by atoms with Crippen molar-refractivity contribution < 1.29 is 23.9 Å². The van der Waals surface area contributed by atoms with Crippen molar-refractivity contribution in [1.29, 1.82) is 0 Å². The summed E-state index contributed by atoms with van der Waals surface area (Å²) in [6.45, 7) is 1.91. The van der Waals surface area contributed by atoms with Gasteiger partial charge in [0.25, 0.3) is 5.69 Å². The molecule has 0 saturated carbocycles. The lowest BCUT2D eigenvalue weighted by Crippen LogP contribution is -2.04. The van der Waals surface area contributed by atoms with Crippen molar-refractivity contribution in [3.63, 3.8) is 0 Å². The summed E-state index contributed by atoms with van der Waals surface area (Å²) in [5, 5.41) is 11.9. The van der Waals surface area contributed by atoms with Crippen molar-refractivity contribution in [1.82, 2.24) is 4.98 Å². The Morgan fingerprint density at radius 1 is 1.07 bits per heavy atom. The quantitative estimate of drug-likeness (QED) is 0.285. The van der Waals surface area contributed by atoms with Crippen molar-refractivity contribution in [2.45, 2.75) is 6.92 Å². The first-order chi connectivity index (χ1) is 14.0. The van der Waals surface area contributed by atoms with E-state index in [-0.39, 0.29) is 24.2 Å². The number of benzene rings is 2. The van der Waals surface area contributed by atoms with Gasteiger partial charge >= 0.3 is 0 Å². The topological polar surface area (TPSA) is 93.0 Å². The molecule has 152 valence electrons. The average molecular weight is 416 g/mol. The molecule has 2 aromatic carbocycles. The molecule has 29 heavy (non-hydrogen) atoms. The second kappa shape index (κ2) is 9.46. The van der Waals surface area contributed by atoms with Crippen molar-refractivity contribution in [2.24, 2.45) is 0 Å². The summed E-state index contributed by atoms with van der Waals surface area (Å²) in [5.74, 6) is 1.07. The molecule has 0 aliphatic rings. The van der Waals surface area contributed by atoms with Gasteiger partial charge in [-0.1, -0.05) is 12.1 Å². The predicted molar refractivity (Wildman–Crippen MR) is 111 cm³/mol. The number of nitro groups is 1. The van der Waals surface area contributed by atoms with E-state index in [0.717, 1.165) is 20.8 Å². The zero-order valence-electron chi connectivity index (χ0n) is 16.2. The summed E-state index contributed by atoms with van der Waals surface area (Å²) in [6, 6.07) is 8.79. The van der Waals surface area contributed by atoms with Gasteiger partial charge in [0, 0.05) is 25.8 Å². The molecule has 0 unspecified atom stereocenters. The highest BCUT2D eigenvalue weighted by molar-refractivity contribution is 7.19. The van der Waals surface area contributed by atoms with Gasteiger partial charge < -0.3 is 18.9 Å². The van der Waals surface area contributed by atoms with E-state index < -0.39 is 0 Å². The molecule has 0 aliphatic heterocycles. The van der Waals surface area contributed by atoms with Crippen LogP contribution in [0.5, 0.6) is 11.5 Å². The highest BCUT2D eigenvalue weighted by atomic mass is 32.1. The minimum atomic E-state index is -0.376. The molecule has 1 heterocycles. The third-order valence-electron chi connectivity index (χ3n) is 3.97. The van der Waals surface area contributed by atoms with E-state index in [0.29, 0.717) is 17.1 Å². The molecule has 0 fully saturated rings. The molecule has 0 atom stereocenters. The maximum Gasteiger partial charge on any atom is 0.273 e. The molecule has 0 saturated heterocycles. The number of thiazole rings is 1. The predicted octanol–water partition coefficient (Wildman–Crippen LogP) is 4.65. The lowest BCUT2D eigenvalue weighted by atomic mass is 10.2. The van der Waals surface area contributed by atoms with Crippen LogP contribution in [0.4, 0.5) is 5.69 Å². The fourth-order valence-corrected chi connectivity index (χ4v) is 3.51. The van der Waals surface area contributed by atoms with Gasteiger partial charge in [-0.25, -0.2) is 4.98 Å². The molecule has 0 amide bonds. The summed E-state index contributed by atoms with van der Waals surface area (Å²) >= 11 is 1.39. The summed E-state index contributed by atoms with van der Waals surface area (Å²) in [6.07, 6.45) is 3.75. The van der Waals surface area contributed by atoms with Gasteiger partial charge in [-0.3, -0.25) is 10.1 Å². The van der Waals surface area contributed by atoms with E-state index in [4.69, 9.17) is 18.9 Å². The first-order valence-corrected chi connectivity index (χ1v) is 9.44. The molecule has 0 bridgehead atoms. The van der Waals surface area contributed by atoms with Crippen molar-refractivity contribution in [3.05, 3.63) is 56.6 Å². The smallest absolute Gasteiger partial charge is 0.273 e. The van der Waals surface area contributed by atoms with E-state index in [1.165, 1.54) is 11.3 Å². The first-order valence-electron chi connectivity index (χ1n) is 8.63. The third-order valence-corrected chi connectivity index (χ3v) is 4.95. The molecule has 9 heteroatoms. The Bertz CT molecular complexity index is 1050.